The van der Waals surface area contributed by atoms with Crippen LogP contribution in [0.2, 0.25) is 0 Å². The zero-order valence-corrected chi connectivity index (χ0v) is 21.4. The zero-order valence-electron chi connectivity index (χ0n) is 21.4. The number of likely N-dealkylation sites (tertiary alicyclic amines) is 1. The molecule has 7 nitrogen and oxygen atoms in total. The molecule has 190 valence electrons. The Labute approximate surface area is 213 Å². The van der Waals surface area contributed by atoms with Crippen LogP contribution in [0, 0.1) is 12.8 Å². The van der Waals surface area contributed by atoms with Crippen LogP contribution in [0.25, 0.3) is 11.0 Å². The van der Waals surface area contributed by atoms with Crippen molar-refractivity contribution in [2.24, 2.45) is 5.92 Å². The Balaban J connectivity index is 1.46. The minimum absolute atomic E-state index is 0.0568. The highest BCUT2D eigenvalue weighted by Gasteiger charge is 2.29. The van der Waals surface area contributed by atoms with Crippen molar-refractivity contribution in [1.29, 1.82) is 0 Å². The van der Waals surface area contributed by atoms with E-state index in [4.69, 9.17) is 4.98 Å². The van der Waals surface area contributed by atoms with Gasteiger partial charge in [0.25, 0.3) is 5.91 Å². The number of nitrogens with one attached hydrogen (secondary N) is 2. The molecule has 36 heavy (non-hydrogen) atoms. The maximum absolute atomic E-state index is 13.1. The minimum atomic E-state index is -0.154. The van der Waals surface area contributed by atoms with E-state index in [0.717, 1.165) is 61.9 Å². The average Bonchev–Trinajstić information content (AvgIpc) is 3.26. The number of piperidine rings is 1. The number of carbonyl (C=O) groups excluding carboxylic acids is 2. The third-order valence-corrected chi connectivity index (χ3v) is 7.83. The Morgan fingerprint density at radius 3 is 2.39 bits per heavy atom. The van der Waals surface area contributed by atoms with Gasteiger partial charge in [0.1, 0.15) is 0 Å². The van der Waals surface area contributed by atoms with Gasteiger partial charge in [0.2, 0.25) is 11.9 Å². The second-order valence-corrected chi connectivity index (χ2v) is 10.4. The van der Waals surface area contributed by atoms with Gasteiger partial charge in [-0.05, 0) is 88.4 Å². The van der Waals surface area contributed by atoms with Crippen LogP contribution in [0.5, 0.6) is 0 Å². The van der Waals surface area contributed by atoms with E-state index in [1.54, 1.807) is 7.05 Å². The third kappa shape index (κ3) is 5.31. The monoisotopic (exact) mass is 487 g/mol. The second kappa shape index (κ2) is 10.8. The number of imidazole rings is 1. The first kappa shape index (κ1) is 24.5. The lowest BCUT2D eigenvalue weighted by atomic mass is 9.85. The fraction of sp³-hybridized carbons (Fsp3) is 0.483. The number of amides is 2. The van der Waals surface area contributed by atoms with Crippen molar-refractivity contribution in [2.45, 2.75) is 64.5 Å². The standard InChI is InChI=1S/C29H37N5O2/c1-20-6-9-23(10-7-20)28(36)32-29-31-25-15-8-21(19-33-16-4-3-5-17-33)18-26(25)34(29)24-13-11-22(12-14-24)27(35)30-2/h6-10,15,18,22,24H,3-5,11-14,16-17,19H2,1-2H3,(H,30,35)(H,31,32,36). The molecule has 3 aromatic rings. The normalized spacial score (nSPS) is 20.8. The molecule has 1 saturated carbocycles. The van der Waals surface area contributed by atoms with Gasteiger partial charge in [-0.3, -0.25) is 19.8 Å². The molecule has 2 N–H and O–H groups in total. The molecule has 2 aliphatic rings. The molecule has 1 aliphatic carbocycles. The highest BCUT2D eigenvalue weighted by Crippen LogP contribution is 2.37. The van der Waals surface area contributed by atoms with Crippen LogP contribution in [0.1, 0.15) is 72.5 Å². The van der Waals surface area contributed by atoms with Gasteiger partial charge in [-0.1, -0.05) is 30.2 Å². The van der Waals surface area contributed by atoms with Gasteiger partial charge in [0, 0.05) is 31.1 Å². The van der Waals surface area contributed by atoms with Crippen molar-refractivity contribution >= 4 is 28.8 Å². The van der Waals surface area contributed by atoms with Crippen molar-refractivity contribution in [3.8, 4) is 0 Å². The largest absolute Gasteiger partial charge is 0.359 e. The minimum Gasteiger partial charge on any atom is -0.359 e. The van der Waals surface area contributed by atoms with Crippen LogP contribution in [-0.2, 0) is 11.3 Å². The summed E-state index contributed by atoms with van der Waals surface area (Å²) in [5.41, 5.74) is 4.97. The molecule has 0 radical (unpaired) electrons. The first-order valence-corrected chi connectivity index (χ1v) is 13.3. The van der Waals surface area contributed by atoms with Crippen molar-refractivity contribution in [3.63, 3.8) is 0 Å². The molecule has 1 aliphatic heterocycles. The molecule has 0 atom stereocenters. The average molecular weight is 488 g/mol. The number of aromatic nitrogens is 2. The topological polar surface area (TPSA) is 79.3 Å². The van der Waals surface area contributed by atoms with E-state index in [0.29, 0.717) is 11.5 Å². The van der Waals surface area contributed by atoms with Gasteiger partial charge in [-0.25, -0.2) is 4.98 Å². The Morgan fingerprint density at radius 1 is 0.972 bits per heavy atom. The molecule has 1 saturated heterocycles. The summed E-state index contributed by atoms with van der Waals surface area (Å²) in [6.07, 6.45) is 7.30. The zero-order chi connectivity index (χ0) is 25.1. The van der Waals surface area contributed by atoms with Crippen LogP contribution in [0.15, 0.2) is 42.5 Å². The highest BCUT2D eigenvalue weighted by molar-refractivity contribution is 6.04. The number of fused-ring (bicyclic) bond motifs is 1. The number of hydrogen-bond acceptors (Lipinski definition) is 4. The molecule has 0 spiro atoms. The molecule has 7 heteroatoms. The van der Waals surface area contributed by atoms with Gasteiger partial charge in [-0.15, -0.1) is 0 Å². The number of anilines is 1. The SMILES string of the molecule is CNC(=O)C1CCC(n2c(NC(=O)c3ccc(C)cc3)nc3ccc(CN4CCCCC4)cc32)CC1. The molecule has 1 aromatic heterocycles. The first-order valence-electron chi connectivity index (χ1n) is 13.3. The summed E-state index contributed by atoms with van der Waals surface area (Å²) < 4.78 is 2.22. The number of carbonyl (C=O) groups is 2. The summed E-state index contributed by atoms with van der Waals surface area (Å²) in [6, 6.07) is 14.3. The Morgan fingerprint density at radius 2 is 1.69 bits per heavy atom. The number of nitrogens with zero attached hydrogens (tertiary/aromatic N) is 3. The van der Waals surface area contributed by atoms with E-state index in [2.05, 4.69) is 38.3 Å². The van der Waals surface area contributed by atoms with Gasteiger partial charge in [0.05, 0.1) is 11.0 Å². The van der Waals surface area contributed by atoms with E-state index >= 15 is 0 Å². The van der Waals surface area contributed by atoms with Crippen LogP contribution in [-0.4, -0.2) is 46.4 Å². The van der Waals surface area contributed by atoms with E-state index in [1.165, 1.54) is 24.8 Å². The van der Waals surface area contributed by atoms with Crippen LogP contribution in [0.3, 0.4) is 0 Å². The summed E-state index contributed by atoms with van der Waals surface area (Å²) in [5.74, 6) is 0.621. The quantitative estimate of drug-likeness (QED) is 0.509. The molecule has 5 rings (SSSR count). The van der Waals surface area contributed by atoms with E-state index in [-0.39, 0.29) is 23.8 Å². The van der Waals surface area contributed by atoms with Crippen molar-refractivity contribution < 1.29 is 9.59 Å². The van der Waals surface area contributed by atoms with Crippen LogP contribution >= 0.6 is 0 Å². The molecule has 0 bridgehead atoms. The number of benzene rings is 2. The first-order chi connectivity index (χ1) is 17.5. The highest BCUT2D eigenvalue weighted by atomic mass is 16.2. The smallest absolute Gasteiger partial charge is 0.257 e. The summed E-state index contributed by atoms with van der Waals surface area (Å²) in [6.45, 7) is 5.25. The lowest BCUT2D eigenvalue weighted by Gasteiger charge is -2.30. The molecule has 2 fully saturated rings. The van der Waals surface area contributed by atoms with Gasteiger partial charge in [0.15, 0.2) is 0 Å². The van der Waals surface area contributed by atoms with Gasteiger partial charge >= 0.3 is 0 Å². The van der Waals surface area contributed by atoms with Crippen molar-refractivity contribution in [3.05, 3.63) is 59.2 Å². The third-order valence-electron chi connectivity index (χ3n) is 7.83. The molecule has 2 heterocycles. The number of rotatable bonds is 6. The summed E-state index contributed by atoms with van der Waals surface area (Å²) in [7, 11) is 1.71. The Bertz CT molecular complexity index is 1220. The molecule has 2 amide bonds. The maximum atomic E-state index is 13.1. The number of aryl methyl sites for hydroxylation is 1. The predicted octanol–water partition coefficient (Wildman–Crippen LogP) is 5.06. The van der Waals surface area contributed by atoms with Crippen LogP contribution in [0.4, 0.5) is 5.95 Å². The van der Waals surface area contributed by atoms with E-state index < -0.39 is 0 Å². The lowest BCUT2D eigenvalue weighted by Crippen LogP contribution is -2.31. The second-order valence-electron chi connectivity index (χ2n) is 10.4. The fourth-order valence-electron chi connectivity index (χ4n) is 5.75. The van der Waals surface area contributed by atoms with Crippen molar-refractivity contribution in [1.82, 2.24) is 19.8 Å². The predicted molar refractivity (Wildman–Crippen MR) is 143 cm³/mol. The van der Waals surface area contributed by atoms with Crippen molar-refractivity contribution in [2.75, 3.05) is 25.5 Å². The number of hydrogen-bond donors (Lipinski definition) is 2. The van der Waals surface area contributed by atoms with Gasteiger partial charge in [-0.2, -0.15) is 0 Å². The molecule has 2 aromatic carbocycles. The molecule has 0 unspecified atom stereocenters. The van der Waals surface area contributed by atoms with E-state index in [1.807, 2.05) is 31.2 Å². The molecular weight excluding hydrogens is 450 g/mol. The maximum Gasteiger partial charge on any atom is 0.257 e. The summed E-state index contributed by atoms with van der Waals surface area (Å²) in [5, 5.41) is 5.90. The molecular formula is C29H37N5O2. The van der Waals surface area contributed by atoms with Crippen LogP contribution < -0.4 is 10.6 Å². The lowest BCUT2D eigenvalue weighted by molar-refractivity contribution is -0.125. The fourth-order valence-corrected chi connectivity index (χ4v) is 5.75. The summed E-state index contributed by atoms with van der Waals surface area (Å²) in [4.78, 5) is 32.7. The summed E-state index contributed by atoms with van der Waals surface area (Å²) >= 11 is 0. The Kier molecular flexibility index (Phi) is 7.37. The Hall–Kier alpha value is -3.19. The van der Waals surface area contributed by atoms with E-state index in [9.17, 15) is 9.59 Å². The van der Waals surface area contributed by atoms with Gasteiger partial charge < -0.3 is 9.88 Å².